The van der Waals surface area contributed by atoms with Crippen LogP contribution in [0.3, 0.4) is 0 Å². The maximum absolute atomic E-state index is 11.5. The summed E-state index contributed by atoms with van der Waals surface area (Å²) in [7, 11) is 0. The quantitative estimate of drug-likeness (QED) is 0.783. The second-order valence-corrected chi connectivity index (χ2v) is 3.69. The Kier molecular flexibility index (Phi) is 3.90. The van der Waals surface area contributed by atoms with E-state index in [1.165, 1.54) is 10.8 Å². The molecule has 0 bridgehead atoms. The van der Waals surface area contributed by atoms with Crippen LogP contribution in [0.5, 0.6) is 0 Å². The number of aliphatic hydroxyl groups excluding tert-OH is 1. The molecule has 18 heavy (non-hydrogen) atoms. The van der Waals surface area contributed by atoms with E-state index in [2.05, 4.69) is 16.8 Å². The summed E-state index contributed by atoms with van der Waals surface area (Å²) in [6, 6.07) is 9.26. The molecule has 1 aromatic carbocycles. The van der Waals surface area contributed by atoms with E-state index in [0.717, 1.165) is 11.1 Å². The Labute approximate surface area is 105 Å². The molecule has 0 amide bonds. The van der Waals surface area contributed by atoms with Crippen molar-refractivity contribution >= 4 is 0 Å². The van der Waals surface area contributed by atoms with Gasteiger partial charge in [-0.3, -0.25) is 4.57 Å². The molecular formula is C14H12N2O2. The van der Waals surface area contributed by atoms with Gasteiger partial charge >= 0.3 is 5.69 Å². The van der Waals surface area contributed by atoms with Crippen LogP contribution in [0.15, 0.2) is 47.5 Å². The van der Waals surface area contributed by atoms with E-state index in [0.29, 0.717) is 6.54 Å². The lowest BCUT2D eigenvalue weighted by Gasteiger charge is -2.04. The average molecular weight is 240 g/mol. The lowest BCUT2D eigenvalue weighted by molar-refractivity contribution is 0.350. The normalized spacial score (nSPS) is 9.61. The van der Waals surface area contributed by atoms with Crippen LogP contribution >= 0.6 is 0 Å². The predicted molar refractivity (Wildman–Crippen MR) is 68.0 cm³/mol. The highest BCUT2D eigenvalue weighted by Gasteiger charge is 1.98. The van der Waals surface area contributed by atoms with E-state index in [1.54, 1.807) is 12.3 Å². The molecule has 90 valence electrons. The van der Waals surface area contributed by atoms with Gasteiger partial charge in [0, 0.05) is 18.0 Å². The van der Waals surface area contributed by atoms with Crippen LogP contribution in [0.25, 0.3) is 0 Å². The Morgan fingerprint density at radius 2 is 2.22 bits per heavy atom. The van der Waals surface area contributed by atoms with Gasteiger partial charge in [0.25, 0.3) is 0 Å². The molecule has 4 heteroatoms. The minimum absolute atomic E-state index is 0.160. The molecule has 1 heterocycles. The fraction of sp³-hybridized carbons (Fsp3) is 0.143. The molecule has 1 aromatic heterocycles. The molecule has 0 atom stereocenters. The Morgan fingerprint density at radius 3 is 3.00 bits per heavy atom. The van der Waals surface area contributed by atoms with E-state index in [-0.39, 0.29) is 12.3 Å². The van der Waals surface area contributed by atoms with Crippen LogP contribution in [0.2, 0.25) is 0 Å². The van der Waals surface area contributed by atoms with Crippen molar-refractivity contribution in [1.29, 1.82) is 0 Å². The third-order valence-electron chi connectivity index (χ3n) is 2.37. The summed E-state index contributed by atoms with van der Waals surface area (Å²) in [5.41, 5.74) is 1.51. The van der Waals surface area contributed by atoms with Gasteiger partial charge in [-0.2, -0.15) is 0 Å². The van der Waals surface area contributed by atoms with E-state index in [9.17, 15) is 4.79 Å². The predicted octanol–water partition coefficient (Wildman–Crippen LogP) is 0.635. The second-order valence-electron chi connectivity index (χ2n) is 3.69. The molecule has 0 aliphatic heterocycles. The van der Waals surface area contributed by atoms with Crippen molar-refractivity contribution in [1.82, 2.24) is 9.55 Å². The Bertz CT molecular complexity index is 650. The van der Waals surface area contributed by atoms with Gasteiger partial charge < -0.3 is 5.11 Å². The van der Waals surface area contributed by atoms with Crippen molar-refractivity contribution in [3.63, 3.8) is 0 Å². The molecule has 1 N–H and O–H groups in total. The van der Waals surface area contributed by atoms with Crippen molar-refractivity contribution in [3.05, 3.63) is 64.3 Å². The Morgan fingerprint density at radius 1 is 1.33 bits per heavy atom. The van der Waals surface area contributed by atoms with Crippen molar-refractivity contribution in [2.75, 3.05) is 6.61 Å². The lowest BCUT2D eigenvalue weighted by Crippen LogP contribution is -2.21. The zero-order chi connectivity index (χ0) is 12.8. The van der Waals surface area contributed by atoms with Crippen molar-refractivity contribution in [2.24, 2.45) is 0 Å². The fourth-order valence-electron chi connectivity index (χ4n) is 1.59. The van der Waals surface area contributed by atoms with Gasteiger partial charge in [0.2, 0.25) is 0 Å². The van der Waals surface area contributed by atoms with Crippen LogP contribution in [0.1, 0.15) is 11.1 Å². The number of benzene rings is 1. The maximum atomic E-state index is 11.5. The molecule has 0 fully saturated rings. The van der Waals surface area contributed by atoms with E-state index in [1.807, 2.05) is 24.3 Å². The zero-order valence-electron chi connectivity index (χ0n) is 9.71. The van der Waals surface area contributed by atoms with Crippen molar-refractivity contribution in [2.45, 2.75) is 6.54 Å². The monoisotopic (exact) mass is 240 g/mol. The molecule has 0 aliphatic carbocycles. The molecule has 2 rings (SSSR count). The van der Waals surface area contributed by atoms with Crippen molar-refractivity contribution < 1.29 is 5.11 Å². The molecular weight excluding hydrogens is 228 g/mol. The van der Waals surface area contributed by atoms with Gasteiger partial charge in [0.15, 0.2) is 0 Å². The summed E-state index contributed by atoms with van der Waals surface area (Å²) in [6.07, 6.45) is 3.17. The number of hydrogen-bond acceptors (Lipinski definition) is 3. The second kappa shape index (κ2) is 5.80. The Hall–Kier alpha value is -2.38. The molecule has 0 aliphatic rings. The van der Waals surface area contributed by atoms with Gasteiger partial charge in [-0.1, -0.05) is 24.0 Å². The maximum Gasteiger partial charge on any atom is 0.347 e. The largest absolute Gasteiger partial charge is 0.384 e. The first kappa shape index (κ1) is 12.1. The SMILES string of the molecule is O=c1ncccn1Cc1cccc(C#CCO)c1. The first-order chi connectivity index (χ1) is 8.79. The minimum Gasteiger partial charge on any atom is -0.384 e. The van der Waals surface area contributed by atoms with Gasteiger partial charge in [-0.05, 0) is 23.8 Å². The van der Waals surface area contributed by atoms with Crippen molar-refractivity contribution in [3.8, 4) is 11.8 Å². The topological polar surface area (TPSA) is 55.1 Å². The number of rotatable bonds is 2. The Balaban J connectivity index is 2.25. The molecule has 2 aromatic rings. The van der Waals surface area contributed by atoms with E-state index < -0.39 is 0 Å². The summed E-state index contributed by atoms with van der Waals surface area (Å²) in [6.45, 7) is 0.299. The highest BCUT2D eigenvalue weighted by molar-refractivity contribution is 5.37. The molecule has 0 unspecified atom stereocenters. The van der Waals surface area contributed by atoms with Gasteiger partial charge in [0.05, 0.1) is 6.54 Å². The van der Waals surface area contributed by atoms with E-state index in [4.69, 9.17) is 5.11 Å². The van der Waals surface area contributed by atoms with Crippen LogP contribution < -0.4 is 5.69 Å². The number of aromatic nitrogens is 2. The molecule has 0 saturated heterocycles. The first-order valence-electron chi connectivity index (χ1n) is 5.50. The summed E-state index contributed by atoms with van der Waals surface area (Å²) in [5.74, 6) is 5.42. The van der Waals surface area contributed by atoms with Crippen LogP contribution in [-0.4, -0.2) is 21.3 Å². The third-order valence-corrected chi connectivity index (χ3v) is 2.37. The molecule has 4 nitrogen and oxygen atoms in total. The smallest absolute Gasteiger partial charge is 0.347 e. The van der Waals surface area contributed by atoms with E-state index >= 15 is 0 Å². The van der Waals surface area contributed by atoms with Gasteiger partial charge in [-0.15, -0.1) is 0 Å². The van der Waals surface area contributed by atoms with Crippen LogP contribution in [0, 0.1) is 11.8 Å². The number of aliphatic hydroxyl groups is 1. The zero-order valence-corrected chi connectivity index (χ0v) is 9.71. The number of hydrogen-bond donors (Lipinski definition) is 1. The lowest BCUT2D eigenvalue weighted by atomic mass is 10.1. The minimum atomic E-state index is -0.274. The summed E-state index contributed by atoms with van der Waals surface area (Å²) in [4.78, 5) is 15.2. The molecule has 0 spiro atoms. The molecule has 0 radical (unpaired) electrons. The molecule has 0 saturated carbocycles. The standard InChI is InChI=1S/C14H12N2O2/c17-9-2-6-12-4-1-5-13(10-12)11-16-8-3-7-15-14(16)18/h1,3-5,7-8,10,17H,9,11H2. The fourth-order valence-corrected chi connectivity index (χ4v) is 1.59. The highest BCUT2D eigenvalue weighted by Crippen LogP contribution is 2.05. The third kappa shape index (κ3) is 3.06. The highest BCUT2D eigenvalue weighted by atomic mass is 16.2. The first-order valence-corrected chi connectivity index (χ1v) is 5.50. The van der Waals surface area contributed by atoms with Gasteiger partial charge in [-0.25, -0.2) is 9.78 Å². The summed E-state index contributed by atoms with van der Waals surface area (Å²) >= 11 is 0. The van der Waals surface area contributed by atoms with Gasteiger partial charge in [0.1, 0.15) is 6.61 Å². The van der Waals surface area contributed by atoms with Crippen LogP contribution in [0.4, 0.5) is 0 Å². The summed E-state index contributed by atoms with van der Waals surface area (Å²) in [5, 5.41) is 8.64. The number of nitrogens with zero attached hydrogens (tertiary/aromatic N) is 2. The average Bonchev–Trinajstić information content (AvgIpc) is 2.40. The van der Waals surface area contributed by atoms with Crippen LogP contribution in [-0.2, 0) is 6.54 Å². The summed E-state index contributed by atoms with van der Waals surface area (Å²) < 4.78 is 1.53.